The molecular weight excluding hydrogens is 457 g/mol. The number of aryl methyl sites for hydroxylation is 1. The second-order valence-electron chi connectivity index (χ2n) is 8.01. The predicted octanol–water partition coefficient (Wildman–Crippen LogP) is 4.62. The number of ether oxygens (including phenoxy) is 1. The minimum absolute atomic E-state index is 0.0415. The average Bonchev–Trinajstić information content (AvgIpc) is 3.06. The van der Waals surface area contributed by atoms with Gasteiger partial charge in [-0.05, 0) is 55.7 Å². The van der Waals surface area contributed by atoms with Crippen molar-refractivity contribution in [1.82, 2.24) is 4.90 Å². The number of amides is 1. The molecule has 33 heavy (non-hydrogen) atoms. The Morgan fingerprint density at radius 1 is 1.06 bits per heavy atom. The molecule has 0 aromatic heterocycles. The third-order valence-corrected chi connectivity index (χ3v) is 7.38. The lowest BCUT2D eigenvalue weighted by Crippen LogP contribution is -2.43. The molecule has 1 amide bonds. The normalized spacial score (nSPS) is 15.1. The smallest absolute Gasteiger partial charge is 0.416 e. The molecule has 1 aliphatic heterocycles. The van der Waals surface area contributed by atoms with E-state index in [9.17, 15) is 26.4 Å². The standard InChI is InChI=1S/C23H27F3N2O4S/c1-17-10-11-20(32-2)21(14-17)33(30,31)28(16-22(29)27-12-5-3-4-6-13-27)19-9-7-8-18(15-19)23(24,25)26/h7-11,14-15H,3-6,12-13,16H2,1-2H3. The lowest BCUT2D eigenvalue weighted by Gasteiger charge is -2.28. The molecule has 3 rings (SSSR count). The predicted molar refractivity (Wildman–Crippen MR) is 119 cm³/mol. The van der Waals surface area contributed by atoms with Crippen LogP contribution < -0.4 is 9.04 Å². The van der Waals surface area contributed by atoms with E-state index >= 15 is 0 Å². The number of nitrogens with zero attached hydrogens (tertiary/aromatic N) is 2. The van der Waals surface area contributed by atoms with Gasteiger partial charge < -0.3 is 9.64 Å². The Morgan fingerprint density at radius 2 is 1.73 bits per heavy atom. The fourth-order valence-electron chi connectivity index (χ4n) is 3.80. The van der Waals surface area contributed by atoms with Crippen molar-refractivity contribution in [2.24, 2.45) is 0 Å². The van der Waals surface area contributed by atoms with Gasteiger partial charge in [-0.2, -0.15) is 13.2 Å². The first-order chi connectivity index (χ1) is 15.5. The van der Waals surface area contributed by atoms with Crippen LogP contribution >= 0.6 is 0 Å². The molecule has 1 heterocycles. The van der Waals surface area contributed by atoms with Gasteiger partial charge >= 0.3 is 6.18 Å². The molecule has 0 spiro atoms. The zero-order valence-electron chi connectivity index (χ0n) is 18.6. The van der Waals surface area contributed by atoms with Crippen LogP contribution in [0.25, 0.3) is 0 Å². The number of rotatable bonds is 6. The van der Waals surface area contributed by atoms with Gasteiger partial charge in [0.15, 0.2) is 0 Å². The average molecular weight is 485 g/mol. The van der Waals surface area contributed by atoms with Crippen LogP contribution in [0.3, 0.4) is 0 Å². The van der Waals surface area contributed by atoms with E-state index in [1.54, 1.807) is 17.9 Å². The summed E-state index contributed by atoms with van der Waals surface area (Å²) in [7, 11) is -3.12. The topological polar surface area (TPSA) is 66.9 Å². The summed E-state index contributed by atoms with van der Waals surface area (Å²) in [6.45, 7) is 2.06. The zero-order valence-corrected chi connectivity index (χ0v) is 19.4. The first-order valence-corrected chi connectivity index (χ1v) is 12.1. The van der Waals surface area contributed by atoms with Gasteiger partial charge in [0.2, 0.25) is 5.91 Å². The van der Waals surface area contributed by atoms with Crippen molar-refractivity contribution in [2.45, 2.75) is 43.7 Å². The van der Waals surface area contributed by atoms with Crippen LogP contribution in [-0.4, -0.2) is 46.0 Å². The molecule has 1 saturated heterocycles. The molecular formula is C23H27F3N2O4S. The van der Waals surface area contributed by atoms with Crippen LogP contribution in [0.4, 0.5) is 18.9 Å². The summed E-state index contributed by atoms with van der Waals surface area (Å²) in [5, 5.41) is 0. The van der Waals surface area contributed by atoms with Crippen molar-refractivity contribution in [3.8, 4) is 5.75 Å². The van der Waals surface area contributed by atoms with Gasteiger partial charge in [0.05, 0.1) is 18.4 Å². The van der Waals surface area contributed by atoms with Crippen LogP contribution in [0, 0.1) is 6.92 Å². The third kappa shape index (κ3) is 5.79. The number of alkyl halides is 3. The van der Waals surface area contributed by atoms with E-state index in [1.165, 1.54) is 25.3 Å². The molecule has 6 nitrogen and oxygen atoms in total. The van der Waals surface area contributed by atoms with Crippen molar-refractivity contribution in [3.05, 3.63) is 53.6 Å². The molecule has 0 aliphatic carbocycles. The Kier molecular flexibility index (Phi) is 7.56. The minimum Gasteiger partial charge on any atom is -0.495 e. The Hall–Kier alpha value is -2.75. The number of hydrogen-bond donors (Lipinski definition) is 0. The molecule has 0 N–H and O–H groups in total. The van der Waals surface area contributed by atoms with Crippen molar-refractivity contribution in [3.63, 3.8) is 0 Å². The second kappa shape index (κ2) is 10.0. The maximum absolute atomic E-state index is 13.7. The molecule has 0 atom stereocenters. The van der Waals surface area contributed by atoms with Crippen LogP contribution in [0.2, 0.25) is 0 Å². The van der Waals surface area contributed by atoms with Gasteiger partial charge in [-0.1, -0.05) is 25.0 Å². The van der Waals surface area contributed by atoms with Crippen molar-refractivity contribution in [1.29, 1.82) is 0 Å². The Morgan fingerprint density at radius 3 is 2.33 bits per heavy atom. The van der Waals surface area contributed by atoms with E-state index in [0.29, 0.717) is 18.7 Å². The van der Waals surface area contributed by atoms with Crippen LogP contribution in [0.5, 0.6) is 5.75 Å². The van der Waals surface area contributed by atoms with Crippen LogP contribution in [-0.2, 0) is 21.0 Å². The fraction of sp³-hybridized carbons (Fsp3) is 0.435. The number of anilines is 1. The highest BCUT2D eigenvalue weighted by atomic mass is 32.2. The first kappa shape index (κ1) is 24.9. The molecule has 1 aliphatic rings. The van der Waals surface area contributed by atoms with E-state index in [4.69, 9.17) is 4.74 Å². The zero-order chi connectivity index (χ0) is 24.2. The number of likely N-dealkylation sites (tertiary alicyclic amines) is 1. The molecule has 0 unspecified atom stereocenters. The molecule has 2 aromatic carbocycles. The SMILES string of the molecule is COc1ccc(C)cc1S(=O)(=O)N(CC(=O)N1CCCCCC1)c1cccc(C(F)(F)F)c1. The molecule has 2 aromatic rings. The molecule has 180 valence electrons. The summed E-state index contributed by atoms with van der Waals surface area (Å²) in [4.78, 5) is 14.4. The van der Waals surface area contributed by atoms with E-state index in [0.717, 1.165) is 48.2 Å². The lowest BCUT2D eigenvalue weighted by molar-refractivity contribution is -0.137. The second-order valence-corrected chi connectivity index (χ2v) is 9.84. The largest absolute Gasteiger partial charge is 0.495 e. The number of sulfonamides is 1. The highest BCUT2D eigenvalue weighted by Gasteiger charge is 2.35. The van der Waals surface area contributed by atoms with E-state index in [1.807, 2.05) is 0 Å². The number of carbonyl (C=O) groups is 1. The molecule has 10 heteroatoms. The van der Waals surface area contributed by atoms with Crippen LogP contribution in [0.15, 0.2) is 47.4 Å². The van der Waals surface area contributed by atoms with Gasteiger partial charge in [0.1, 0.15) is 17.2 Å². The summed E-state index contributed by atoms with van der Waals surface area (Å²) in [6, 6.07) is 8.51. The summed E-state index contributed by atoms with van der Waals surface area (Å²) in [5.74, 6) is -0.413. The molecule has 0 saturated carbocycles. The summed E-state index contributed by atoms with van der Waals surface area (Å²) < 4.78 is 73.4. The van der Waals surface area contributed by atoms with E-state index in [-0.39, 0.29) is 16.3 Å². The van der Waals surface area contributed by atoms with Gasteiger partial charge in [-0.15, -0.1) is 0 Å². The maximum Gasteiger partial charge on any atom is 0.416 e. The molecule has 1 fully saturated rings. The highest BCUT2D eigenvalue weighted by molar-refractivity contribution is 7.93. The van der Waals surface area contributed by atoms with Gasteiger partial charge in [-0.3, -0.25) is 9.10 Å². The first-order valence-electron chi connectivity index (χ1n) is 10.7. The van der Waals surface area contributed by atoms with E-state index in [2.05, 4.69) is 0 Å². The summed E-state index contributed by atoms with van der Waals surface area (Å²) in [6.07, 6.45) is -1.12. The molecule has 0 radical (unpaired) electrons. The maximum atomic E-state index is 13.7. The number of hydrogen-bond acceptors (Lipinski definition) is 4. The summed E-state index contributed by atoms with van der Waals surface area (Å²) >= 11 is 0. The van der Waals surface area contributed by atoms with Crippen molar-refractivity contribution < 1.29 is 31.1 Å². The van der Waals surface area contributed by atoms with Gasteiger partial charge in [0, 0.05) is 13.1 Å². The van der Waals surface area contributed by atoms with Crippen molar-refractivity contribution in [2.75, 3.05) is 31.0 Å². The number of methoxy groups -OCH3 is 1. The number of benzene rings is 2. The van der Waals surface area contributed by atoms with Gasteiger partial charge in [-0.25, -0.2) is 8.42 Å². The van der Waals surface area contributed by atoms with Crippen LogP contribution in [0.1, 0.15) is 36.8 Å². The number of halogens is 3. The quantitative estimate of drug-likeness (QED) is 0.600. The molecule has 0 bridgehead atoms. The summed E-state index contributed by atoms with van der Waals surface area (Å²) in [5.41, 5.74) is -0.618. The third-order valence-electron chi connectivity index (χ3n) is 5.59. The Bertz CT molecular complexity index is 1100. The number of carbonyl (C=O) groups excluding carboxylic acids is 1. The monoisotopic (exact) mass is 484 g/mol. The Labute approximate surface area is 192 Å². The fourth-order valence-corrected chi connectivity index (χ4v) is 5.45. The highest BCUT2D eigenvalue weighted by Crippen LogP contribution is 2.35. The van der Waals surface area contributed by atoms with Crippen molar-refractivity contribution >= 4 is 21.6 Å². The lowest BCUT2D eigenvalue weighted by atomic mass is 10.2. The van der Waals surface area contributed by atoms with E-state index < -0.39 is 34.2 Å². The van der Waals surface area contributed by atoms with Gasteiger partial charge in [0.25, 0.3) is 10.0 Å². The Balaban J connectivity index is 2.09. The minimum atomic E-state index is -4.67.